The number of nitrogens with zero attached hydrogens (tertiary/aromatic N) is 2. The van der Waals surface area contributed by atoms with Crippen molar-refractivity contribution >= 4 is 0 Å². The molecule has 1 atom stereocenters. The quantitative estimate of drug-likeness (QED) is 0.755. The summed E-state index contributed by atoms with van der Waals surface area (Å²) in [6.07, 6.45) is 1.20. The molecule has 0 bridgehead atoms. The summed E-state index contributed by atoms with van der Waals surface area (Å²) >= 11 is 0. The van der Waals surface area contributed by atoms with E-state index in [4.69, 9.17) is 9.47 Å². The van der Waals surface area contributed by atoms with Gasteiger partial charge in [0.15, 0.2) is 0 Å². The van der Waals surface area contributed by atoms with Crippen LogP contribution in [0.15, 0.2) is 48.5 Å². The van der Waals surface area contributed by atoms with Gasteiger partial charge in [-0.25, -0.2) is 0 Å². The van der Waals surface area contributed by atoms with E-state index < -0.39 is 0 Å². The summed E-state index contributed by atoms with van der Waals surface area (Å²) in [6, 6.07) is 17.1. The second-order valence-corrected chi connectivity index (χ2v) is 7.03. The van der Waals surface area contributed by atoms with Crippen molar-refractivity contribution in [2.45, 2.75) is 32.5 Å². The number of likely N-dealkylation sites (N-methyl/N-ethyl adjacent to an activating group) is 1. The Morgan fingerprint density at radius 2 is 1.92 bits per heavy atom. The van der Waals surface area contributed by atoms with Gasteiger partial charge in [0.2, 0.25) is 0 Å². The first-order valence-corrected chi connectivity index (χ1v) is 9.45. The van der Waals surface area contributed by atoms with Crippen LogP contribution in [0.3, 0.4) is 0 Å². The molecule has 4 nitrogen and oxygen atoms in total. The molecule has 0 amide bonds. The number of hydrogen-bond acceptors (Lipinski definition) is 4. The molecule has 3 rings (SSSR count). The fraction of sp³-hybridized carbons (Fsp3) is 0.455. The number of benzene rings is 2. The molecular weight excluding hydrogens is 324 g/mol. The van der Waals surface area contributed by atoms with Crippen LogP contribution in [0.4, 0.5) is 0 Å². The van der Waals surface area contributed by atoms with Gasteiger partial charge in [0.05, 0.1) is 7.11 Å². The van der Waals surface area contributed by atoms with Crippen molar-refractivity contribution < 1.29 is 9.47 Å². The second-order valence-electron chi connectivity index (χ2n) is 7.03. The van der Waals surface area contributed by atoms with E-state index >= 15 is 0 Å². The molecule has 1 aliphatic rings. The van der Waals surface area contributed by atoms with Crippen molar-refractivity contribution in [2.24, 2.45) is 0 Å². The average molecular weight is 354 g/mol. The lowest BCUT2D eigenvalue weighted by Crippen LogP contribution is -2.50. The van der Waals surface area contributed by atoms with Gasteiger partial charge in [-0.3, -0.25) is 4.90 Å². The van der Waals surface area contributed by atoms with Gasteiger partial charge in [-0.15, -0.1) is 0 Å². The van der Waals surface area contributed by atoms with Crippen molar-refractivity contribution in [3.8, 4) is 11.5 Å². The van der Waals surface area contributed by atoms with Crippen LogP contribution < -0.4 is 9.47 Å². The molecule has 140 valence electrons. The lowest BCUT2D eigenvalue weighted by atomic mass is 10.1. The minimum absolute atomic E-state index is 0.550. The molecule has 1 fully saturated rings. The van der Waals surface area contributed by atoms with Gasteiger partial charge < -0.3 is 14.4 Å². The summed E-state index contributed by atoms with van der Waals surface area (Å²) in [6.45, 7) is 7.13. The Hall–Kier alpha value is -2.04. The van der Waals surface area contributed by atoms with Crippen LogP contribution in [0.25, 0.3) is 0 Å². The Morgan fingerprint density at radius 1 is 1.08 bits per heavy atom. The predicted octanol–water partition coefficient (Wildman–Crippen LogP) is 3.80. The van der Waals surface area contributed by atoms with Crippen LogP contribution in [0.2, 0.25) is 0 Å². The van der Waals surface area contributed by atoms with E-state index in [-0.39, 0.29) is 0 Å². The zero-order valence-corrected chi connectivity index (χ0v) is 16.1. The molecular formula is C22H30N2O2. The summed E-state index contributed by atoms with van der Waals surface area (Å²) in [4.78, 5) is 5.02. The Kier molecular flexibility index (Phi) is 6.53. The second kappa shape index (κ2) is 9.06. The van der Waals surface area contributed by atoms with Gasteiger partial charge in [0, 0.05) is 37.8 Å². The summed E-state index contributed by atoms with van der Waals surface area (Å²) in [5.74, 6) is 1.84. The number of piperazine rings is 1. The number of ether oxygens (including phenoxy) is 2. The molecule has 4 heteroatoms. The Labute approximate surface area is 157 Å². The highest BCUT2D eigenvalue weighted by Gasteiger charge is 2.23. The first-order chi connectivity index (χ1) is 12.7. The van der Waals surface area contributed by atoms with Gasteiger partial charge in [-0.1, -0.05) is 37.3 Å². The molecule has 0 spiro atoms. The van der Waals surface area contributed by atoms with Crippen LogP contribution in [0.5, 0.6) is 11.5 Å². The first kappa shape index (κ1) is 18.7. The number of para-hydroxylation sites is 1. The normalized spacial score (nSPS) is 18.7. The maximum Gasteiger partial charge on any atom is 0.124 e. The van der Waals surface area contributed by atoms with Crippen LogP contribution in [-0.2, 0) is 13.2 Å². The number of hydrogen-bond donors (Lipinski definition) is 0. The average Bonchev–Trinajstić information content (AvgIpc) is 2.69. The highest BCUT2D eigenvalue weighted by atomic mass is 16.5. The molecule has 1 unspecified atom stereocenters. The number of methoxy groups -OCH3 is 1. The standard InChI is InChI=1S/C22H30N2O2/c1-4-20-16-24(13-12-23(20)2)15-19-9-5-6-11-22(19)26-17-18-8-7-10-21(14-18)25-3/h5-11,14,20H,4,12-13,15-17H2,1-3H3. The van der Waals surface area contributed by atoms with Crippen LogP contribution >= 0.6 is 0 Å². The molecule has 2 aromatic rings. The van der Waals surface area contributed by atoms with E-state index in [0.29, 0.717) is 12.6 Å². The highest BCUT2D eigenvalue weighted by molar-refractivity contribution is 5.34. The van der Waals surface area contributed by atoms with Crippen LogP contribution in [-0.4, -0.2) is 49.6 Å². The molecule has 26 heavy (non-hydrogen) atoms. The summed E-state index contributed by atoms with van der Waals surface area (Å²) in [5.41, 5.74) is 2.37. The topological polar surface area (TPSA) is 24.9 Å². The third-order valence-electron chi connectivity index (χ3n) is 5.23. The molecule has 0 saturated carbocycles. The van der Waals surface area contributed by atoms with Gasteiger partial charge in [0.1, 0.15) is 18.1 Å². The maximum absolute atomic E-state index is 6.15. The fourth-order valence-corrected chi connectivity index (χ4v) is 3.53. The zero-order chi connectivity index (χ0) is 18.4. The van der Waals surface area contributed by atoms with E-state index in [1.807, 2.05) is 24.3 Å². The minimum Gasteiger partial charge on any atom is -0.497 e. The third kappa shape index (κ3) is 4.77. The third-order valence-corrected chi connectivity index (χ3v) is 5.23. The molecule has 0 aromatic heterocycles. The Bertz CT molecular complexity index is 704. The highest BCUT2D eigenvalue weighted by Crippen LogP contribution is 2.23. The molecule has 1 heterocycles. The molecule has 1 aliphatic heterocycles. The van der Waals surface area contributed by atoms with Crippen molar-refractivity contribution in [1.82, 2.24) is 9.80 Å². The Morgan fingerprint density at radius 3 is 2.73 bits per heavy atom. The molecule has 0 aliphatic carbocycles. The summed E-state index contributed by atoms with van der Waals surface area (Å²) in [5, 5.41) is 0. The van der Waals surface area contributed by atoms with Gasteiger partial charge in [-0.05, 0) is 37.2 Å². The summed E-state index contributed by atoms with van der Waals surface area (Å²) in [7, 11) is 3.92. The van der Waals surface area contributed by atoms with E-state index in [1.54, 1.807) is 7.11 Å². The van der Waals surface area contributed by atoms with Gasteiger partial charge in [-0.2, -0.15) is 0 Å². The van der Waals surface area contributed by atoms with Crippen molar-refractivity contribution in [3.63, 3.8) is 0 Å². The van der Waals surface area contributed by atoms with Crippen molar-refractivity contribution in [2.75, 3.05) is 33.8 Å². The fourth-order valence-electron chi connectivity index (χ4n) is 3.53. The van der Waals surface area contributed by atoms with Crippen molar-refractivity contribution in [3.05, 3.63) is 59.7 Å². The first-order valence-electron chi connectivity index (χ1n) is 9.45. The van der Waals surface area contributed by atoms with Gasteiger partial charge in [0.25, 0.3) is 0 Å². The lowest BCUT2D eigenvalue weighted by Gasteiger charge is -2.39. The SMILES string of the molecule is CCC1CN(Cc2ccccc2OCc2cccc(OC)c2)CCN1C. The van der Waals surface area contributed by atoms with E-state index in [9.17, 15) is 0 Å². The molecule has 0 radical (unpaired) electrons. The molecule has 0 N–H and O–H groups in total. The van der Waals surface area contributed by atoms with Crippen LogP contribution in [0, 0.1) is 0 Å². The minimum atomic E-state index is 0.550. The molecule has 1 saturated heterocycles. The van der Waals surface area contributed by atoms with Gasteiger partial charge >= 0.3 is 0 Å². The maximum atomic E-state index is 6.15. The smallest absolute Gasteiger partial charge is 0.124 e. The lowest BCUT2D eigenvalue weighted by molar-refractivity contribution is 0.0875. The predicted molar refractivity (Wildman–Crippen MR) is 106 cm³/mol. The summed E-state index contributed by atoms with van der Waals surface area (Å²) < 4.78 is 11.4. The Balaban J connectivity index is 1.64. The molecule has 2 aromatic carbocycles. The van der Waals surface area contributed by atoms with E-state index in [0.717, 1.165) is 43.2 Å². The van der Waals surface area contributed by atoms with E-state index in [1.165, 1.54) is 12.0 Å². The monoisotopic (exact) mass is 354 g/mol. The largest absolute Gasteiger partial charge is 0.497 e. The number of rotatable bonds is 7. The van der Waals surface area contributed by atoms with Crippen LogP contribution in [0.1, 0.15) is 24.5 Å². The van der Waals surface area contributed by atoms with E-state index in [2.05, 4.69) is 48.0 Å². The van der Waals surface area contributed by atoms with Crippen molar-refractivity contribution in [1.29, 1.82) is 0 Å². The zero-order valence-electron chi connectivity index (χ0n) is 16.1.